The zero-order valence-corrected chi connectivity index (χ0v) is 11.3. The molecule has 4 nitrogen and oxygen atoms in total. The summed E-state index contributed by atoms with van der Waals surface area (Å²) in [6.07, 6.45) is 6.75. The largest absolute Gasteiger partial charge is 0.280 e. The van der Waals surface area contributed by atoms with Gasteiger partial charge in [-0.1, -0.05) is 18.2 Å². The number of hydroxylamine groups is 2. The molecule has 0 spiro atoms. The average molecular weight is 266 g/mol. The van der Waals surface area contributed by atoms with Crippen LogP contribution >= 0.6 is 0 Å². The first-order valence-corrected chi connectivity index (χ1v) is 6.01. The third kappa shape index (κ3) is 3.02. The average Bonchev–Trinajstić information content (AvgIpc) is 3.12. The number of hydrogen-bond acceptors (Lipinski definition) is 3. The van der Waals surface area contributed by atoms with E-state index in [1.807, 2.05) is 0 Å². The highest BCUT2D eigenvalue weighted by Gasteiger charge is 2.14. The minimum atomic E-state index is -0.312. The third-order valence-electron chi connectivity index (χ3n) is 2.85. The van der Waals surface area contributed by atoms with Crippen LogP contribution in [0.5, 0.6) is 0 Å². The van der Waals surface area contributed by atoms with Gasteiger partial charge in [0.15, 0.2) is 0 Å². The summed E-state index contributed by atoms with van der Waals surface area (Å²) < 4.78 is 0. The molecule has 4 heteroatoms. The quantitative estimate of drug-likeness (QED) is 0.528. The van der Waals surface area contributed by atoms with Crippen LogP contribution in [-0.2, 0) is 4.84 Å². The van der Waals surface area contributed by atoms with Crippen LogP contribution in [0.3, 0.4) is 0 Å². The van der Waals surface area contributed by atoms with Crippen LogP contribution in [0.1, 0.15) is 16.1 Å². The van der Waals surface area contributed by atoms with Crippen LogP contribution in [0.25, 0.3) is 11.1 Å². The number of rotatable bonds is 2. The molecule has 0 aromatic carbocycles. The fourth-order valence-electron chi connectivity index (χ4n) is 1.62. The molecule has 2 aliphatic rings. The summed E-state index contributed by atoms with van der Waals surface area (Å²) >= 11 is 0. The van der Waals surface area contributed by atoms with Gasteiger partial charge in [-0.05, 0) is 35.2 Å². The summed E-state index contributed by atoms with van der Waals surface area (Å²) in [5, 5.41) is 1.10. The maximum atomic E-state index is 11.6. The zero-order chi connectivity index (χ0) is 14.5. The first-order valence-electron chi connectivity index (χ1n) is 6.01. The monoisotopic (exact) mass is 266 g/mol. The van der Waals surface area contributed by atoms with Crippen LogP contribution in [-0.4, -0.2) is 30.1 Å². The van der Waals surface area contributed by atoms with E-state index in [0.29, 0.717) is 11.3 Å². The van der Waals surface area contributed by atoms with Crippen LogP contribution in [0.2, 0.25) is 0 Å². The highest BCUT2D eigenvalue weighted by atomic mass is 16.7. The van der Waals surface area contributed by atoms with Crippen LogP contribution < -0.4 is 0 Å². The molecule has 1 aromatic heterocycles. The Morgan fingerprint density at radius 3 is 2.45 bits per heavy atom. The summed E-state index contributed by atoms with van der Waals surface area (Å²) in [7, 11) is 2.92. The smallest absolute Gasteiger partial charge is 0.274 e. The number of terminal acetylenes is 1. The van der Waals surface area contributed by atoms with Crippen molar-refractivity contribution in [2.45, 2.75) is 0 Å². The van der Waals surface area contributed by atoms with E-state index in [0.717, 1.165) is 5.06 Å². The third-order valence-corrected chi connectivity index (χ3v) is 2.85. The summed E-state index contributed by atoms with van der Waals surface area (Å²) in [6.45, 7) is 0. The van der Waals surface area contributed by atoms with Crippen molar-refractivity contribution in [1.82, 2.24) is 10.0 Å². The zero-order valence-electron chi connectivity index (χ0n) is 11.3. The second kappa shape index (κ2) is 6.00. The van der Waals surface area contributed by atoms with Crippen molar-refractivity contribution in [3.05, 3.63) is 53.9 Å². The molecule has 1 aromatic rings. The van der Waals surface area contributed by atoms with Gasteiger partial charge in [-0.25, -0.2) is 10.0 Å². The Bertz CT molecular complexity index is 657. The number of hydrogen-bond donors (Lipinski definition) is 0. The summed E-state index contributed by atoms with van der Waals surface area (Å²) in [4.78, 5) is 20.3. The van der Waals surface area contributed by atoms with Gasteiger partial charge in [0.25, 0.3) is 5.91 Å². The molecule has 0 radical (unpaired) electrons. The number of pyridine rings is 1. The number of carbonyl (C=O) groups is 1. The number of amides is 1. The van der Waals surface area contributed by atoms with E-state index >= 15 is 0 Å². The lowest BCUT2D eigenvalue weighted by molar-refractivity contribution is -0.0757. The van der Waals surface area contributed by atoms with Crippen molar-refractivity contribution < 1.29 is 9.63 Å². The molecule has 0 bridgehead atoms. The Morgan fingerprint density at radius 2 is 2.00 bits per heavy atom. The van der Waals surface area contributed by atoms with Gasteiger partial charge in [0.2, 0.25) is 0 Å². The van der Waals surface area contributed by atoms with E-state index in [1.54, 1.807) is 18.3 Å². The Kier molecular flexibility index (Phi) is 4.14. The molecule has 0 saturated carbocycles. The van der Waals surface area contributed by atoms with Crippen molar-refractivity contribution in [2.24, 2.45) is 0 Å². The van der Waals surface area contributed by atoms with Gasteiger partial charge in [0.05, 0.1) is 12.7 Å². The van der Waals surface area contributed by atoms with Crippen molar-refractivity contribution in [1.29, 1.82) is 0 Å². The van der Waals surface area contributed by atoms with E-state index < -0.39 is 0 Å². The molecule has 3 rings (SSSR count). The molecule has 0 fully saturated rings. The lowest BCUT2D eigenvalue weighted by atomic mass is 10.2. The predicted molar refractivity (Wildman–Crippen MR) is 76.7 cm³/mol. The predicted octanol–water partition coefficient (Wildman–Crippen LogP) is 2.36. The molecule has 100 valence electrons. The normalized spacial score (nSPS) is 9.85. The molecule has 2 aliphatic carbocycles. The fourth-order valence-corrected chi connectivity index (χ4v) is 1.62. The number of aromatic nitrogens is 1. The van der Waals surface area contributed by atoms with Crippen LogP contribution in [0, 0.1) is 12.3 Å². The molecular formula is C16H14N2O2. The molecule has 20 heavy (non-hydrogen) atoms. The maximum absolute atomic E-state index is 11.6. The summed E-state index contributed by atoms with van der Waals surface area (Å²) in [5.41, 5.74) is 3.53. The number of nitrogens with zero attached hydrogens (tertiary/aromatic N) is 2. The van der Waals surface area contributed by atoms with Gasteiger partial charge in [-0.3, -0.25) is 9.63 Å². The molecular weight excluding hydrogens is 252 g/mol. The molecule has 0 atom stereocenters. The number of benzene rings is 1. The Morgan fingerprint density at radius 1 is 1.30 bits per heavy atom. The molecule has 0 saturated heterocycles. The lowest BCUT2D eigenvalue weighted by Crippen LogP contribution is -2.26. The maximum Gasteiger partial charge on any atom is 0.280 e. The van der Waals surface area contributed by atoms with Gasteiger partial charge in [-0.2, -0.15) is 0 Å². The van der Waals surface area contributed by atoms with Gasteiger partial charge in [0.1, 0.15) is 5.69 Å². The minimum Gasteiger partial charge on any atom is -0.274 e. The second-order valence-electron chi connectivity index (χ2n) is 4.11. The fraction of sp³-hybridized carbons (Fsp3) is 0.125. The number of carbonyl (C=O) groups excluding carboxylic acids is 1. The molecule has 0 N–H and O–H groups in total. The van der Waals surface area contributed by atoms with Crippen LogP contribution in [0.4, 0.5) is 0 Å². The standard InChI is InChI=1S/C10H10N2O2.C6H4/c1-4-9-8(6-5-7-11-9)10(13)12(2)14-3;1-2-5-4-6(5)3-1/h1,5-7H,2-3H3;1-4H. The highest BCUT2D eigenvalue weighted by molar-refractivity contribution is 5.95. The van der Waals surface area contributed by atoms with Crippen molar-refractivity contribution in [3.8, 4) is 23.5 Å². The van der Waals surface area contributed by atoms with Gasteiger partial charge < -0.3 is 0 Å². The van der Waals surface area contributed by atoms with Crippen LogP contribution in [0.15, 0.2) is 42.6 Å². The molecule has 0 unspecified atom stereocenters. The Hall–Kier alpha value is -2.64. The lowest BCUT2D eigenvalue weighted by Gasteiger charge is -2.13. The second-order valence-corrected chi connectivity index (χ2v) is 4.11. The van der Waals surface area contributed by atoms with Crippen molar-refractivity contribution >= 4 is 5.91 Å². The highest BCUT2D eigenvalue weighted by Crippen LogP contribution is 2.32. The molecule has 0 aliphatic heterocycles. The summed E-state index contributed by atoms with van der Waals surface area (Å²) in [5.74, 6) is 2.03. The van der Waals surface area contributed by atoms with Gasteiger partial charge in [-0.15, -0.1) is 6.42 Å². The van der Waals surface area contributed by atoms with E-state index in [4.69, 9.17) is 11.3 Å². The van der Waals surface area contributed by atoms with Gasteiger partial charge >= 0.3 is 0 Å². The van der Waals surface area contributed by atoms with Crippen molar-refractivity contribution in [3.63, 3.8) is 0 Å². The first-order chi connectivity index (χ1) is 9.67. The summed E-state index contributed by atoms with van der Waals surface area (Å²) in [6, 6.07) is 11.7. The first kappa shape index (κ1) is 13.8. The van der Waals surface area contributed by atoms with E-state index in [-0.39, 0.29) is 5.91 Å². The van der Waals surface area contributed by atoms with E-state index in [1.165, 1.54) is 25.3 Å². The Balaban J connectivity index is 0.000000198. The molecule has 1 heterocycles. The SMILES string of the molecule is C#Cc1ncccc1C(=O)N(C)OC.c1cc2cc-2c1. The topological polar surface area (TPSA) is 42.4 Å². The van der Waals surface area contributed by atoms with Gasteiger partial charge in [0, 0.05) is 13.2 Å². The van der Waals surface area contributed by atoms with E-state index in [9.17, 15) is 4.79 Å². The Labute approximate surface area is 118 Å². The molecule has 1 amide bonds. The minimum absolute atomic E-state index is 0.312. The van der Waals surface area contributed by atoms with E-state index in [2.05, 4.69) is 35.2 Å². The number of fused-ring (bicyclic) bond motifs is 1. The van der Waals surface area contributed by atoms with Crippen molar-refractivity contribution in [2.75, 3.05) is 14.2 Å².